The number of likely N-dealkylation sites (tertiary alicyclic amines) is 1. The second-order valence-electron chi connectivity index (χ2n) is 5.29. The van der Waals surface area contributed by atoms with Crippen LogP contribution in [0.5, 0.6) is 5.75 Å². The fraction of sp³-hybridized carbons (Fsp3) is 0.467. The highest BCUT2D eigenvalue weighted by molar-refractivity contribution is 5.97. The van der Waals surface area contributed by atoms with Gasteiger partial charge in [0.1, 0.15) is 12.4 Å². The molecule has 1 saturated heterocycles. The molecule has 0 spiro atoms. The average molecular weight is 274 g/mol. The molecule has 2 heterocycles. The van der Waals surface area contributed by atoms with E-state index in [0.717, 1.165) is 25.9 Å². The van der Waals surface area contributed by atoms with Gasteiger partial charge in [-0.25, -0.2) is 0 Å². The van der Waals surface area contributed by atoms with Gasteiger partial charge in [0.2, 0.25) is 11.8 Å². The van der Waals surface area contributed by atoms with Gasteiger partial charge in [-0.05, 0) is 25.0 Å². The molecule has 1 aromatic rings. The van der Waals surface area contributed by atoms with E-state index < -0.39 is 5.92 Å². The normalized spacial score (nSPS) is 21.7. The first-order chi connectivity index (χ1) is 9.74. The Labute approximate surface area is 117 Å². The molecule has 0 saturated carbocycles. The third-order valence-corrected chi connectivity index (χ3v) is 3.84. The number of nitrogens with one attached hydrogen (secondary N) is 1. The lowest BCUT2D eigenvalue weighted by Crippen LogP contribution is -2.34. The zero-order chi connectivity index (χ0) is 13.9. The van der Waals surface area contributed by atoms with Crippen LogP contribution in [0.2, 0.25) is 0 Å². The molecule has 1 N–H and O–H groups in total. The van der Waals surface area contributed by atoms with Crippen LogP contribution in [-0.2, 0) is 9.59 Å². The highest BCUT2D eigenvalue weighted by Crippen LogP contribution is 2.28. The number of para-hydroxylation sites is 2. The summed E-state index contributed by atoms with van der Waals surface area (Å²) < 4.78 is 5.64. The van der Waals surface area contributed by atoms with E-state index in [1.165, 1.54) is 0 Å². The summed E-state index contributed by atoms with van der Waals surface area (Å²) >= 11 is 0. The van der Waals surface area contributed by atoms with Crippen LogP contribution in [0.15, 0.2) is 24.3 Å². The van der Waals surface area contributed by atoms with Crippen molar-refractivity contribution in [2.45, 2.75) is 19.3 Å². The molecule has 1 unspecified atom stereocenters. The molecule has 1 fully saturated rings. The van der Waals surface area contributed by atoms with Crippen LogP contribution >= 0.6 is 0 Å². The van der Waals surface area contributed by atoms with Gasteiger partial charge >= 0.3 is 0 Å². The first-order valence-electron chi connectivity index (χ1n) is 7.04. The molecule has 2 aliphatic heterocycles. The maximum absolute atomic E-state index is 12.2. The molecular weight excluding hydrogens is 256 g/mol. The lowest BCUT2D eigenvalue weighted by atomic mass is 10.1. The number of nitrogens with zero attached hydrogens (tertiary/aromatic N) is 1. The number of ether oxygens (including phenoxy) is 1. The quantitative estimate of drug-likeness (QED) is 0.892. The van der Waals surface area contributed by atoms with Crippen LogP contribution in [0.25, 0.3) is 0 Å². The van der Waals surface area contributed by atoms with Crippen LogP contribution in [-0.4, -0.2) is 36.4 Å². The summed E-state index contributed by atoms with van der Waals surface area (Å²) in [7, 11) is 0. The van der Waals surface area contributed by atoms with Gasteiger partial charge in [-0.15, -0.1) is 0 Å². The zero-order valence-corrected chi connectivity index (χ0v) is 11.3. The summed E-state index contributed by atoms with van der Waals surface area (Å²) in [5.74, 6) is 0.159. The molecule has 106 valence electrons. The fourth-order valence-electron chi connectivity index (χ4n) is 2.65. The van der Waals surface area contributed by atoms with Gasteiger partial charge in [0.25, 0.3) is 0 Å². The number of hydrogen-bond donors (Lipinski definition) is 1. The molecule has 0 radical (unpaired) electrons. The molecule has 0 aliphatic carbocycles. The van der Waals surface area contributed by atoms with Crippen LogP contribution in [0.3, 0.4) is 0 Å². The van der Waals surface area contributed by atoms with Crippen molar-refractivity contribution < 1.29 is 14.3 Å². The number of rotatable bonds is 2. The van der Waals surface area contributed by atoms with E-state index in [4.69, 9.17) is 4.74 Å². The Morgan fingerprint density at radius 3 is 2.85 bits per heavy atom. The number of hydrogen-bond acceptors (Lipinski definition) is 3. The highest BCUT2D eigenvalue weighted by atomic mass is 16.5. The average Bonchev–Trinajstić information content (AvgIpc) is 2.93. The first-order valence-corrected chi connectivity index (χ1v) is 7.04. The molecule has 20 heavy (non-hydrogen) atoms. The van der Waals surface area contributed by atoms with E-state index in [1.54, 1.807) is 6.07 Å². The third kappa shape index (κ3) is 2.61. The second kappa shape index (κ2) is 5.53. The van der Waals surface area contributed by atoms with Crippen molar-refractivity contribution in [3.05, 3.63) is 24.3 Å². The summed E-state index contributed by atoms with van der Waals surface area (Å²) in [5, 5.41) is 2.83. The maximum Gasteiger partial charge on any atom is 0.231 e. The van der Waals surface area contributed by atoms with Crippen molar-refractivity contribution in [2.24, 2.45) is 5.92 Å². The van der Waals surface area contributed by atoms with Gasteiger partial charge in [0.05, 0.1) is 11.6 Å². The number of carbonyl (C=O) groups excluding carboxylic acids is 2. The van der Waals surface area contributed by atoms with Crippen LogP contribution in [0.1, 0.15) is 19.3 Å². The number of fused-ring (bicyclic) bond motifs is 1. The summed E-state index contributed by atoms with van der Waals surface area (Å²) in [6, 6.07) is 7.33. The van der Waals surface area contributed by atoms with Crippen molar-refractivity contribution in [1.29, 1.82) is 0 Å². The van der Waals surface area contributed by atoms with Crippen molar-refractivity contribution in [2.75, 3.05) is 25.0 Å². The second-order valence-corrected chi connectivity index (χ2v) is 5.29. The Kier molecular flexibility index (Phi) is 3.58. The number of benzene rings is 1. The summed E-state index contributed by atoms with van der Waals surface area (Å²) in [5.41, 5.74) is 0.675. The van der Waals surface area contributed by atoms with Gasteiger partial charge in [0.15, 0.2) is 0 Å². The van der Waals surface area contributed by atoms with Crippen molar-refractivity contribution >= 4 is 17.5 Å². The molecular formula is C15H18N2O3. The summed E-state index contributed by atoms with van der Waals surface area (Å²) in [4.78, 5) is 26.1. The molecule has 2 amide bonds. The minimum atomic E-state index is -0.421. The monoisotopic (exact) mass is 274 g/mol. The van der Waals surface area contributed by atoms with Gasteiger partial charge in [-0.2, -0.15) is 0 Å². The van der Waals surface area contributed by atoms with Crippen LogP contribution in [0, 0.1) is 5.92 Å². The lowest BCUT2D eigenvalue weighted by Gasteiger charge is -2.18. The fourth-order valence-corrected chi connectivity index (χ4v) is 2.65. The lowest BCUT2D eigenvalue weighted by molar-refractivity contribution is -0.134. The van der Waals surface area contributed by atoms with Crippen molar-refractivity contribution in [3.63, 3.8) is 0 Å². The van der Waals surface area contributed by atoms with E-state index in [1.807, 2.05) is 23.1 Å². The number of anilines is 1. The summed E-state index contributed by atoms with van der Waals surface area (Å²) in [6.07, 6.45) is 2.34. The molecule has 0 bridgehead atoms. The predicted octanol–water partition coefficient (Wildman–Crippen LogP) is 1.65. The molecule has 5 heteroatoms. The maximum atomic E-state index is 12.2. The molecule has 1 atom stereocenters. The molecule has 2 aliphatic rings. The largest absolute Gasteiger partial charge is 0.491 e. The van der Waals surface area contributed by atoms with E-state index in [0.29, 0.717) is 11.4 Å². The standard InChI is InChI=1S/C15H18N2O3/c18-14(17-7-3-4-8-17)9-11-10-20-13-6-2-1-5-12(13)16-15(11)19/h1-2,5-6,11H,3-4,7-10H2,(H,16,19). The predicted molar refractivity (Wildman–Crippen MR) is 74.5 cm³/mol. The van der Waals surface area contributed by atoms with Crippen molar-refractivity contribution in [1.82, 2.24) is 4.90 Å². The minimum Gasteiger partial charge on any atom is -0.491 e. The molecule has 3 rings (SSSR count). The van der Waals surface area contributed by atoms with E-state index in [-0.39, 0.29) is 24.8 Å². The van der Waals surface area contributed by atoms with Crippen molar-refractivity contribution in [3.8, 4) is 5.75 Å². The van der Waals surface area contributed by atoms with Crippen LogP contribution < -0.4 is 10.1 Å². The van der Waals surface area contributed by atoms with Gasteiger partial charge in [0, 0.05) is 19.5 Å². The Morgan fingerprint density at radius 2 is 2.05 bits per heavy atom. The Hall–Kier alpha value is -2.04. The zero-order valence-electron chi connectivity index (χ0n) is 11.3. The topological polar surface area (TPSA) is 58.6 Å². The number of amides is 2. The van der Waals surface area contributed by atoms with Gasteiger partial charge in [-0.3, -0.25) is 9.59 Å². The van der Waals surface area contributed by atoms with Crippen LogP contribution in [0.4, 0.5) is 5.69 Å². The Balaban J connectivity index is 1.67. The third-order valence-electron chi connectivity index (χ3n) is 3.84. The Bertz CT molecular complexity index is 524. The first kappa shape index (κ1) is 13.0. The SMILES string of the molecule is O=C1Nc2ccccc2OCC1CC(=O)N1CCCC1. The van der Waals surface area contributed by atoms with Gasteiger partial charge < -0.3 is 15.0 Å². The smallest absolute Gasteiger partial charge is 0.231 e. The van der Waals surface area contributed by atoms with Gasteiger partial charge in [-0.1, -0.05) is 12.1 Å². The molecule has 0 aromatic heterocycles. The van der Waals surface area contributed by atoms with E-state index in [2.05, 4.69) is 5.32 Å². The highest BCUT2D eigenvalue weighted by Gasteiger charge is 2.29. The Morgan fingerprint density at radius 1 is 1.30 bits per heavy atom. The van der Waals surface area contributed by atoms with E-state index >= 15 is 0 Å². The minimum absolute atomic E-state index is 0.0530. The van der Waals surface area contributed by atoms with E-state index in [9.17, 15) is 9.59 Å². The number of carbonyl (C=O) groups is 2. The summed E-state index contributed by atoms with van der Waals surface area (Å²) in [6.45, 7) is 1.88. The molecule has 1 aromatic carbocycles. The molecule has 5 nitrogen and oxygen atoms in total.